The number of hydrogen-bond acceptors (Lipinski definition) is 6. The van der Waals surface area contributed by atoms with Gasteiger partial charge in [-0.1, -0.05) is 35.6 Å². The molecule has 0 unspecified atom stereocenters. The zero-order chi connectivity index (χ0) is 18.4. The molecule has 0 atom stereocenters. The van der Waals surface area contributed by atoms with E-state index in [2.05, 4.69) is 10.3 Å². The van der Waals surface area contributed by atoms with E-state index in [-0.39, 0.29) is 12.7 Å². The lowest BCUT2D eigenvalue weighted by molar-refractivity contribution is 0.102. The number of hydrogen-bond donors (Lipinski definition) is 1. The summed E-state index contributed by atoms with van der Waals surface area (Å²) in [5.41, 5.74) is 1.22. The van der Waals surface area contributed by atoms with Crippen LogP contribution in [0.15, 0.2) is 48.5 Å². The predicted octanol–water partition coefficient (Wildman–Crippen LogP) is 4.44. The van der Waals surface area contributed by atoms with Crippen LogP contribution in [-0.2, 0) is 0 Å². The number of aromatic nitrogens is 1. The molecule has 1 amide bonds. The summed E-state index contributed by atoms with van der Waals surface area (Å²) in [7, 11) is 1.56. The molecule has 0 radical (unpaired) electrons. The Hall–Kier alpha value is -3.32. The van der Waals surface area contributed by atoms with Crippen LogP contribution in [0.5, 0.6) is 17.2 Å². The van der Waals surface area contributed by atoms with Crippen LogP contribution in [0.1, 0.15) is 10.4 Å². The number of amides is 1. The fraction of sp³-hybridized carbons (Fsp3) is 0.100. The third-order valence-corrected chi connectivity index (χ3v) is 5.35. The van der Waals surface area contributed by atoms with Gasteiger partial charge in [0.1, 0.15) is 5.75 Å². The zero-order valence-corrected chi connectivity index (χ0v) is 15.1. The molecule has 0 aliphatic carbocycles. The van der Waals surface area contributed by atoms with E-state index in [1.165, 1.54) is 11.3 Å². The molecule has 1 aliphatic rings. The Bertz CT molecular complexity index is 1160. The lowest BCUT2D eigenvalue weighted by atomic mass is 10.1. The Morgan fingerprint density at radius 1 is 1.11 bits per heavy atom. The lowest BCUT2D eigenvalue weighted by Gasteiger charge is -2.09. The standard InChI is InChI=1S/C20H14N2O4S/c1-24-15-7-12-5-3-2-4-11(12)6-13(15)19(23)22-20-21-14-8-16-17(26-10-25-16)9-18(14)27-20/h2-9H,10H2,1H3,(H,21,22,23). The molecule has 0 fully saturated rings. The Balaban J connectivity index is 1.49. The van der Waals surface area contributed by atoms with Crippen molar-refractivity contribution in [1.82, 2.24) is 4.98 Å². The molecule has 0 bridgehead atoms. The number of nitrogens with one attached hydrogen (secondary N) is 1. The minimum atomic E-state index is -0.267. The second kappa shape index (κ2) is 6.14. The molecular formula is C20H14N2O4S. The first-order chi connectivity index (χ1) is 13.2. The highest BCUT2D eigenvalue weighted by molar-refractivity contribution is 7.22. The highest BCUT2D eigenvalue weighted by Gasteiger charge is 2.19. The smallest absolute Gasteiger partial charge is 0.261 e. The third-order valence-electron chi connectivity index (χ3n) is 4.42. The SMILES string of the molecule is COc1cc2ccccc2cc1C(=O)Nc1nc2cc3c(cc2s1)OCO3. The van der Waals surface area contributed by atoms with Crippen molar-refractivity contribution in [2.75, 3.05) is 19.2 Å². The zero-order valence-electron chi connectivity index (χ0n) is 14.3. The van der Waals surface area contributed by atoms with Gasteiger partial charge in [0.15, 0.2) is 16.6 Å². The molecule has 2 heterocycles. The summed E-state index contributed by atoms with van der Waals surface area (Å²) < 4.78 is 17.1. The maximum absolute atomic E-state index is 12.8. The van der Waals surface area contributed by atoms with Crippen molar-refractivity contribution in [3.05, 3.63) is 54.1 Å². The Kier molecular flexibility index (Phi) is 3.61. The summed E-state index contributed by atoms with van der Waals surface area (Å²) in [5.74, 6) is 1.62. The lowest BCUT2D eigenvalue weighted by Crippen LogP contribution is -2.13. The first-order valence-corrected chi connectivity index (χ1v) is 9.11. The molecule has 4 aromatic rings. The number of benzene rings is 3. The molecule has 0 spiro atoms. The van der Waals surface area contributed by atoms with Gasteiger partial charge >= 0.3 is 0 Å². The molecular weight excluding hydrogens is 364 g/mol. The number of methoxy groups -OCH3 is 1. The largest absolute Gasteiger partial charge is 0.496 e. The summed E-state index contributed by atoms with van der Waals surface area (Å²) in [4.78, 5) is 17.3. The van der Waals surface area contributed by atoms with Gasteiger partial charge in [-0.05, 0) is 22.9 Å². The normalized spacial score (nSPS) is 12.5. The molecule has 6 nitrogen and oxygen atoms in total. The summed E-state index contributed by atoms with van der Waals surface area (Å²) in [6.07, 6.45) is 0. The summed E-state index contributed by atoms with van der Waals surface area (Å²) in [5, 5.41) is 5.36. The summed E-state index contributed by atoms with van der Waals surface area (Å²) in [6.45, 7) is 0.220. The quantitative estimate of drug-likeness (QED) is 0.571. The number of carbonyl (C=O) groups excluding carboxylic acids is 1. The Morgan fingerprint density at radius 3 is 2.63 bits per heavy atom. The first kappa shape index (κ1) is 15.9. The number of nitrogens with zero attached hydrogens (tertiary/aromatic N) is 1. The summed E-state index contributed by atoms with van der Waals surface area (Å²) in [6, 6.07) is 15.2. The average Bonchev–Trinajstić information content (AvgIpc) is 3.29. The van der Waals surface area contributed by atoms with E-state index in [9.17, 15) is 4.79 Å². The van der Waals surface area contributed by atoms with Gasteiger partial charge in [-0.2, -0.15) is 0 Å². The molecule has 3 aromatic carbocycles. The van der Waals surface area contributed by atoms with Gasteiger partial charge in [-0.15, -0.1) is 0 Å². The Morgan fingerprint density at radius 2 is 1.85 bits per heavy atom. The van der Waals surface area contributed by atoms with Crippen molar-refractivity contribution in [2.24, 2.45) is 0 Å². The molecule has 1 aromatic heterocycles. The van der Waals surface area contributed by atoms with E-state index in [0.717, 1.165) is 21.0 Å². The third kappa shape index (κ3) is 2.72. The summed E-state index contributed by atoms with van der Waals surface area (Å²) >= 11 is 1.38. The number of rotatable bonds is 3. The van der Waals surface area contributed by atoms with E-state index >= 15 is 0 Å². The van der Waals surface area contributed by atoms with Crippen molar-refractivity contribution in [3.8, 4) is 17.2 Å². The predicted molar refractivity (Wildman–Crippen MR) is 104 cm³/mol. The van der Waals surface area contributed by atoms with E-state index in [4.69, 9.17) is 14.2 Å². The van der Waals surface area contributed by atoms with E-state index < -0.39 is 0 Å². The second-order valence-corrected chi connectivity index (χ2v) is 7.08. The number of carbonyl (C=O) groups is 1. The van der Waals surface area contributed by atoms with Gasteiger partial charge in [0.25, 0.3) is 5.91 Å². The van der Waals surface area contributed by atoms with Crippen molar-refractivity contribution < 1.29 is 19.0 Å². The van der Waals surface area contributed by atoms with Crippen LogP contribution in [0.3, 0.4) is 0 Å². The fourth-order valence-electron chi connectivity index (χ4n) is 3.10. The maximum Gasteiger partial charge on any atom is 0.261 e. The van der Waals surface area contributed by atoms with Crippen LogP contribution in [-0.4, -0.2) is 24.8 Å². The van der Waals surface area contributed by atoms with Gasteiger partial charge in [0.2, 0.25) is 6.79 Å². The average molecular weight is 378 g/mol. The van der Waals surface area contributed by atoms with Crippen molar-refractivity contribution in [1.29, 1.82) is 0 Å². The second-order valence-electron chi connectivity index (χ2n) is 6.05. The molecule has 0 saturated carbocycles. The van der Waals surface area contributed by atoms with Crippen LogP contribution in [0.25, 0.3) is 21.0 Å². The van der Waals surface area contributed by atoms with Gasteiger partial charge in [-0.3, -0.25) is 10.1 Å². The maximum atomic E-state index is 12.8. The number of fused-ring (bicyclic) bond motifs is 3. The van der Waals surface area contributed by atoms with Crippen LogP contribution < -0.4 is 19.5 Å². The molecule has 0 saturated heterocycles. The van der Waals surface area contributed by atoms with E-state index in [1.807, 2.05) is 48.5 Å². The number of thiazole rings is 1. The van der Waals surface area contributed by atoms with Crippen LogP contribution in [0.2, 0.25) is 0 Å². The van der Waals surface area contributed by atoms with Crippen LogP contribution in [0.4, 0.5) is 5.13 Å². The molecule has 1 aliphatic heterocycles. The highest BCUT2D eigenvalue weighted by Crippen LogP contribution is 2.39. The van der Waals surface area contributed by atoms with Crippen molar-refractivity contribution in [2.45, 2.75) is 0 Å². The Labute approximate surface area is 158 Å². The molecule has 27 heavy (non-hydrogen) atoms. The molecule has 134 valence electrons. The number of anilines is 1. The molecule has 7 heteroatoms. The minimum absolute atomic E-state index is 0.220. The van der Waals surface area contributed by atoms with Crippen LogP contribution >= 0.6 is 11.3 Å². The van der Waals surface area contributed by atoms with Crippen molar-refractivity contribution in [3.63, 3.8) is 0 Å². The topological polar surface area (TPSA) is 69.7 Å². The fourth-order valence-corrected chi connectivity index (χ4v) is 3.97. The highest BCUT2D eigenvalue weighted by atomic mass is 32.1. The first-order valence-electron chi connectivity index (χ1n) is 8.29. The number of ether oxygens (including phenoxy) is 3. The van der Waals surface area contributed by atoms with Gasteiger partial charge < -0.3 is 14.2 Å². The molecule has 1 N–H and O–H groups in total. The monoisotopic (exact) mass is 378 g/mol. The van der Waals surface area contributed by atoms with Crippen LogP contribution in [0, 0.1) is 0 Å². The van der Waals surface area contributed by atoms with E-state index in [1.54, 1.807) is 7.11 Å². The van der Waals surface area contributed by atoms with Gasteiger partial charge in [-0.25, -0.2) is 4.98 Å². The molecule has 5 rings (SSSR count). The van der Waals surface area contributed by atoms with Crippen molar-refractivity contribution >= 4 is 43.4 Å². The minimum Gasteiger partial charge on any atom is -0.496 e. The van der Waals surface area contributed by atoms with Gasteiger partial charge in [0, 0.05) is 12.1 Å². The van der Waals surface area contributed by atoms with E-state index in [0.29, 0.717) is 27.9 Å². The van der Waals surface area contributed by atoms with Gasteiger partial charge in [0.05, 0.1) is 22.9 Å².